The van der Waals surface area contributed by atoms with Crippen LogP contribution < -0.4 is 10.4 Å². The summed E-state index contributed by atoms with van der Waals surface area (Å²) in [5.74, 6) is 0. The van der Waals surface area contributed by atoms with E-state index in [1.807, 2.05) is 0 Å². The fourth-order valence-corrected chi connectivity index (χ4v) is 8.96. The minimum Gasteiger partial charge on any atom is -0.0617 e. The zero-order chi connectivity index (χ0) is 24.0. The summed E-state index contributed by atoms with van der Waals surface area (Å²) < 4.78 is 0. The third kappa shape index (κ3) is 5.87. The van der Waals surface area contributed by atoms with Crippen molar-refractivity contribution in [1.29, 1.82) is 0 Å². The van der Waals surface area contributed by atoms with E-state index < -0.39 is 8.80 Å². The van der Waals surface area contributed by atoms with E-state index in [2.05, 4.69) is 109 Å². The Balaban J connectivity index is 2.09. The van der Waals surface area contributed by atoms with Crippen molar-refractivity contribution in [1.82, 2.24) is 0 Å². The molecule has 0 spiro atoms. The third-order valence-corrected chi connectivity index (χ3v) is 10.3. The van der Waals surface area contributed by atoms with E-state index in [-0.39, 0.29) is 5.41 Å². The molecule has 0 aliphatic carbocycles. The van der Waals surface area contributed by atoms with Crippen LogP contribution in [0.15, 0.2) is 60.7 Å². The van der Waals surface area contributed by atoms with Gasteiger partial charge in [-0.05, 0) is 87.3 Å². The van der Waals surface area contributed by atoms with Gasteiger partial charge >= 0.3 is 0 Å². The summed E-state index contributed by atoms with van der Waals surface area (Å²) in [6.07, 6.45) is 5.63. The topological polar surface area (TPSA) is 0 Å². The van der Waals surface area contributed by atoms with Gasteiger partial charge in [-0.2, -0.15) is 0 Å². The second kappa shape index (κ2) is 11.3. The molecule has 0 amide bonds. The van der Waals surface area contributed by atoms with Crippen molar-refractivity contribution in [3.63, 3.8) is 0 Å². The lowest BCUT2D eigenvalue weighted by molar-refractivity contribution is 0.590. The number of hydrogen-bond acceptors (Lipinski definition) is 0. The average molecular weight is 456 g/mol. The predicted octanol–water partition coefficient (Wildman–Crippen LogP) is 7.09. The van der Waals surface area contributed by atoms with Gasteiger partial charge in [0.25, 0.3) is 0 Å². The molecule has 3 rings (SSSR count). The summed E-state index contributed by atoms with van der Waals surface area (Å²) in [6, 6.07) is 24.8. The van der Waals surface area contributed by atoms with Crippen LogP contribution in [0.4, 0.5) is 0 Å². The first-order valence-corrected chi connectivity index (χ1v) is 14.7. The van der Waals surface area contributed by atoms with Crippen molar-refractivity contribution in [2.24, 2.45) is 0 Å². The van der Waals surface area contributed by atoms with Crippen LogP contribution in [0.2, 0.25) is 6.04 Å². The van der Waals surface area contributed by atoms with E-state index in [1.54, 1.807) is 32.6 Å². The Hall–Kier alpha value is -2.12. The number of rotatable bonds is 9. The van der Waals surface area contributed by atoms with Crippen molar-refractivity contribution < 1.29 is 0 Å². The van der Waals surface area contributed by atoms with Crippen LogP contribution in [0.3, 0.4) is 0 Å². The van der Waals surface area contributed by atoms with E-state index in [0.29, 0.717) is 0 Å². The lowest BCUT2D eigenvalue weighted by Gasteiger charge is -2.27. The lowest BCUT2D eigenvalue weighted by atomic mass is 9.86. The highest BCUT2D eigenvalue weighted by molar-refractivity contribution is 6.86. The summed E-state index contributed by atoms with van der Waals surface area (Å²) in [7, 11) is -0.903. The number of hydrogen-bond donors (Lipinski definition) is 0. The third-order valence-electron chi connectivity index (χ3n) is 7.08. The molecule has 175 valence electrons. The van der Waals surface area contributed by atoms with Crippen molar-refractivity contribution in [2.45, 2.75) is 92.0 Å². The van der Waals surface area contributed by atoms with Crippen LogP contribution >= 0.6 is 0 Å². The van der Waals surface area contributed by atoms with Crippen LogP contribution in [-0.4, -0.2) is 8.80 Å². The Morgan fingerprint density at radius 1 is 0.576 bits per heavy atom. The predicted molar refractivity (Wildman–Crippen MR) is 149 cm³/mol. The van der Waals surface area contributed by atoms with Gasteiger partial charge in [-0.15, -0.1) is 0 Å². The first-order valence-electron chi connectivity index (χ1n) is 13.0. The molecule has 3 aromatic carbocycles. The van der Waals surface area contributed by atoms with Crippen molar-refractivity contribution >= 4 is 19.2 Å². The van der Waals surface area contributed by atoms with Crippen molar-refractivity contribution in [3.05, 3.63) is 94.0 Å². The van der Waals surface area contributed by atoms with Gasteiger partial charge in [0.05, 0.1) is 0 Å². The Labute approximate surface area is 205 Å². The van der Waals surface area contributed by atoms with Crippen LogP contribution in [0.5, 0.6) is 0 Å². The van der Waals surface area contributed by atoms with Gasteiger partial charge in [0, 0.05) is 0 Å². The van der Waals surface area contributed by atoms with E-state index in [9.17, 15) is 0 Å². The molecule has 0 unspecified atom stereocenters. The summed E-state index contributed by atoms with van der Waals surface area (Å²) >= 11 is 0. The molecule has 0 heterocycles. The highest BCUT2D eigenvalue weighted by Crippen LogP contribution is 2.23. The number of benzene rings is 3. The van der Waals surface area contributed by atoms with Crippen LogP contribution in [0, 0.1) is 0 Å². The maximum absolute atomic E-state index is 2.39. The molecule has 3 aromatic rings. The summed E-state index contributed by atoms with van der Waals surface area (Å²) in [5, 5.41) is 3.41. The normalized spacial score (nSPS) is 11.9. The number of aryl methyl sites for hydroxylation is 5. The quantitative estimate of drug-likeness (QED) is 0.302. The molecule has 0 saturated carbocycles. The molecule has 0 aliphatic heterocycles. The summed E-state index contributed by atoms with van der Waals surface area (Å²) in [5.41, 5.74) is 9.38. The Bertz CT molecular complexity index is 937. The monoisotopic (exact) mass is 455 g/mol. The molecule has 0 aromatic heterocycles. The van der Waals surface area contributed by atoms with Crippen LogP contribution in [0.1, 0.15) is 81.8 Å². The van der Waals surface area contributed by atoms with E-state index in [1.165, 1.54) is 17.2 Å². The van der Waals surface area contributed by atoms with E-state index >= 15 is 0 Å². The van der Waals surface area contributed by atoms with E-state index in [4.69, 9.17) is 0 Å². The standard InChI is InChI=1S/C32H43Si/c1-8-25-14-12-15-26(9-2)30(25)33(31-27(10-3)16-13-17-28(31)11-4)23-22-24-18-20-29(21-19-24)32(5,6)7/h12-21H,8-11,22-23H2,1-7H3. The maximum atomic E-state index is 2.39. The van der Waals surface area contributed by atoms with Crippen molar-refractivity contribution in [2.75, 3.05) is 0 Å². The van der Waals surface area contributed by atoms with Gasteiger partial charge in [0.15, 0.2) is 0 Å². The highest BCUT2D eigenvalue weighted by Gasteiger charge is 2.26. The fraction of sp³-hybridized carbons (Fsp3) is 0.438. The molecule has 0 aliphatic rings. The minimum absolute atomic E-state index is 0.208. The summed E-state index contributed by atoms with van der Waals surface area (Å²) in [4.78, 5) is 0. The Kier molecular flexibility index (Phi) is 8.76. The lowest BCUT2D eigenvalue weighted by Crippen LogP contribution is -2.49. The molecule has 0 atom stereocenters. The van der Waals surface area contributed by atoms with Crippen LogP contribution in [0.25, 0.3) is 0 Å². The van der Waals surface area contributed by atoms with Crippen molar-refractivity contribution in [3.8, 4) is 0 Å². The molecule has 1 radical (unpaired) electrons. The Morgan fingerprint density at radius 3 is 1.30 bits per heavy atom. The van der Waals surface area contributed by atoms with Crippen LogP contribution in [-0.2, 0) is 37.5 Å². The van der Waals surface area contributed by atoms with Gasteiger partial charge in [-0.25, -0.2) is 0 Å². The molecule has 0 N–H and O–H groups in total. The first-order chi connectivity index (χ1) is 15.8. The smallest absolute Gasteiger partial charge is 0.0617 e. The summed E-state index contributed by atoms with van der Waals surface area (Å²) in [6.45, 7) is 16.2. The van der Waals surface area contributed by atoms with E-state index in [0.717, 1.165) is 32.1 Å². The largest absolute Gasteiger partial charge is 0.123 e. The Morgan fingerprint density at radius 2 is 0.970 bits per heavy atom. The van der Waals surface area contributed by atoms with Gasteiger partial charge in [0.2, 0.25) is 0 Å². The average Bonchev–Trinajstić information content (AvgIpc) is 2.83. The second-order valence-corrected chi connectivity index (χ2v) is 12.7. The molecular formula is C32H43Si. The fourth-order valence-electron chi connectivity index (χ4n) is 5.08. The van der Waals surface area contributed by atoms with Gasteiger partial charge < -0.3 is 0 Å². The van der Waals surface area contributed by atoms with Gasteiger partial charge in [-0.1, -0.05) is 109 Å². The SMILES string of the molecule is CCc1cccc(CC)c1[Si](CCc1ccc(C(C)(C)C)cc1)c1c(CC)cccc1CC. The molecule has 0 nitrogen and oxygen atoms in total. The molecule has 33 heavy (non-hydrogen) atoms. The zero-order valence-corrected chi connectivity index (χ0v) is 23.0. The zero-order valence-electron chi connectivity index (χ0n) is 22.0. The molecule has 0 bridgehead atoms. The second-order valence-electron chi connectivity index (χ2n) is 10.2. The first kappa shape index (κ1) is 25.5. The molecular weight excluding hydrogens is 412 g/mol. The van der Waals surface area contributed by atoms with Gasteiger partial charge in [0.1, 0.15) is 8.80 Å². The molecule has 0 saturated heterocycles. The maximum Gasteiger partial charge on any atom is 0.123 e. The highest BCUT2D eigenvalue weighted by atomic mass is 28.3. The minimum atomic E-state index is -0.903. The molecule has 0 fully saturated rings. The molecule has 1 heteroatoms. The van der Waals surface area contributed by atoms with Gasteiger partial charge in [-0.3, -0.25) is 0 Å².